The van der Waals surface area contributed by atoms with E-state index in [2.05, 4.69) is 25.4 Å². The standard InChI is InChI=1S/C25H20F3N7O2/c1-34(2)17-4-6-19-20(10-17)31-14-32-23(19)37-18-5-7-21-16(9-18)13-33-35(21)24(36)30-12-15-3-8-22(29-11-15)25(26,27)28/h3-11,13-14H,12H2,1-2H3,(H,30,36). The first-order valence-electron chi connectivity index (χ1n) is 11.1. The van der Waals surface area contributed by atoms with Gasteiger partial charge in [-0.05, 0) is 48.0 Å². The van der Waals surface area contributed by atoms with E-state index in [4.69, 9.17) is 4.74 Å². The minimum Gasteiger partial charge on any atom is -0.438 e. The molecular formula is C25H20F3N7O2. The molecule has 5 aromatic rings. The van der Waals surface area contributed by atoms with E-state index in [-0.39, 0.29) is 6.54 Å². The van der Waals surface area contributed by atoms with Gasteiger partial charge in [0.25, 0.3) is 0 Å². The first-order chi connectivity index (χ1) is 17.7. The van der Waals surface area contributed by atoms with Crippen LogP contribution in [-0.2, 0) is 12.7 Å². The van der Waals surface area contributed by atoms with Gasteiger partial charge in [0.2, 0.25) is 5.88 Å². The van der Waals surface area contributed by atoms with Gasteiger partial charge < -0.3 is 15.0 Å². The molecule has 0 spiro atoms. The molecule has 9 nitrogen and oxygen atoms in total. The van der Waals surface area contributed by atoms with Crippen molar-refractivity contribution in [1.82, 2.24) is 30.0 Å². The molecule has 0 saturated carbocycles. The molecule has 5 rings (SSSR count). The van der Waals surface area contributed by atoms with Gasteiger partial charge in [0.15, 0.2) is 0 Å². The van der Waals surface area contributed by atoms with Gasteiger partial charge in [-0.15, -0.1) is 0 Å². The van der Waals surface area contributed by atoms with Crippen molar-refractivity contribution in [1.29, 1.82) is 0 Å². The van der Waals surface area contributed by atoms with Crippen molar-refractivity contribution in [2.45, 2.75) is 12.7 Å². The lowest BCUT2D eigenvalue weighted by Crippen LogP contribution is -2.28. The van der Waals surface area contributed by atoms with Crippen LogP contribution in [0.5, 0.6) is 11.6 Å². The monoisotopic (exact) mass is 507 g/mol. The number of hydrogen-bond donors (Lipinski definition) is 1. The van der Waals surface area contributed by atoms with Crippen LogP contribution < -0.4 is 15.0 Å². The number of nitrogens with one attached hydrogen (secondary N) is 1. The van der Waals surface area contributed by atoms with Crippen molar-refractivity contribution >= 4 is 33.5 Å². The molecule has 0 saturated heterocycles. The number of halogens is 3. The Bertz CT molecular complexity index is 1600. The van der Waals surface area contributed by atoms with Gasteiger partial charge in [-0.2, -0.15) is 23.0 Å². The number of nitrogens with zero attached hydrogens (tertiary/aromatic N) is 6. The molecule has 0 bridgehead atoms. The second-order valence-corrected chi connectivity index (χ2v) is 8.36. The number of anilines is 1. The minimum atomic E-state index is -4.52. The lowest BCUT2D eigenvalue weighted by atomic mass is 10.2. The number of fused-ring (bicyclic) bond motifs is 2. The smallest absolute Gasteiger partial charge is 0.433 e. The van der Waals surface area contributed by atoms with Crippen LogP contribution in [0.25, 0.3) is 21.8 Å². The molecule has 0 fully saturated rings. The number of benzene rings is 2. The van der Waals surface area contributed by atoms with Gasteiger partial charge in [0, 0.05) is 37.9 Å². The minimum absolute atomic E-state index is 0.0111. The van der Waals surface area contributed by atoms with Crippen LogP contribution in [0.15, 0.2) is 67.3 Å². The molecule has 188 valence electrons. The highest BCUT2D eigenvalue weighted by Gasteiger charge is 2.32. The summed E-state index contributed by atoms with van der Waals surface area (Å²) in [6.45, 7) is -0.0111. The summed E-state index contributed by atoms with van der Waals surface area (Å²) in [7, 11) is 3.89. The molecule has 37 heavy (non-hydrogen) atoms. The molecule has 12 heteroatoms. The summed E-state index contributed by atoms with van der Waals surface area (Å²) in [6.07, 6.45) is -0.492. The summed E-state index contributed by atoms with van der Waals surface area (Å²) < 4.78 is 45.2. The van der Waals surface area contributed by atoms with Crippen molar-refractivity contribution in [3.63, 3.8) is 0 Å². The molecule has 0 aliphatic carbocycles. The van der Waals surface area contributed by atoms with Crippen molar-refractivity contribution in [2.24, 2.45) is 0 Å². The fourth-order valence-corrected chi connectivity index (χ4v) is 3.68. The summed E-state index contributed by atoms with van der Waals surface area (Å²) in [5.74, 6) is 0.893. The molecule has 1 N–H and O–H groups in total. The van der Waals surface area contributed by atoms with Crippen LogP contribution >= 0.6 is 0 Å². The molecule has 3 aromatic heterocycles. The van der Waals surface area contributed by atoms with E-state index in [1.165, 1.54) is 23.3 Å². The molecule has 0 aliphatic rings. The number of carbonyl (C=O) groups is 1. The Hall–Kier alpha value is -4.74. The number of hydrogen-bond acceptors (Lipinski definition) is 7. The van der Waals surface area contributed by atoms with Gasteiger partial charge in [-0.1, -0.05) is 6.07 Å². The Morgan fingerprint density at radius 1 is 1.03 bits per heavy atom. The van der Waals surface area contributed by atoms with E-state index in [1.54, 1.807) is 18.2 Å². The largest absolute Gasteiger partial charge is 0.438 e. The van der Waals surface area contributed by atoms with Gasteiger partial charge in [0.1, 0.15) is 17.8 Å². The third kappa shape index (κ3) is 4.99. The third-order valence-electron chi connectivity index (χ3n) is 5.61. The van der Waals surface area contributed by atoms with Gasteiger partial charge in [-0.3, -0.25) is 4.98 Å². The van der Waals surface area contributed by atoms with Gasteiger partial charge >= 0.3 is 12.2 Å². The quantitative estimate of drug-likeness (QED) is 0.357. The second kappa shape index (κ2) is 9.37. The number of aromatic nitrogens is 5. The SMILES string of the molecule is CN(C)c1ccc2c(Oc3ccc4c(cnn4C(=O)NCc4ccc(C(F)(F)F)nc4)c3)ncnc2c1. The van der Waals surface area contributed by atoms with Gasteiger partial charge in [0.05, 0.1) is 22.6 Å². The zero-order valence-electron chi connectivity index (χ0n) is 19.7. The van der Waals surface area contributed by atoms with E-state index in [1.807, 2.05) is 37.2 Å². The predicted octanol–water partition coefficient (Wildman–Crippen LogP) is 5.01. The molecule has 0 atom stereocenters. The third-order valence-corrected chi connectivity index (χ3v) is 5.61. The maximum absolute atomic E-state index is 12.7. The van der Waals surface area contributed by atoms with Crippen LogP contribution in [0.2, 0.25) is 0 Å². The predicted molar refractivity (Wildman–Crippen MR) is 131 cm³/mol. The molecule has 0 aliphatic heterocycles. The maximum Gasteiger partial charge on any atom is 0.433 e. The maximum atomic E-state index is 12.7. The van der Waals surface area contributed by atoms with E-state index in [0.717, 1.165) is 28.9 Å². The zero-order valence-corrected chi connectivity index (χ0v) is 19.7. The van der Waals surface area contributed by atoms with Crippen molar-refractivity contribution < 1.29 is 22.7 Å². The summed E-state index contributed by atoms with van der Waals surface area (Å²) >= 11 is 0. The van der Waals surface area contributed by atoms with Crippen molar-refractivity contribution in [3.05, 3.63) is 78.5 Å². The van der Waals surface area contributed by atoms with Crippen molar-refractivity contribution in [3.8, 4) is 11.6 Å². The van der Waals surface area contributed by atoms with E-state index < -0.39 is 17.9 Å². The van der Waals surface area contributed by atoms with Crippen LogP contribution in [0, 0.1) is 0 Å². The number of ether oxygens (including phenoxy) is 1. The highest BCUT2D eigenvalue weighted by atomic mass is 19.4. The molecule has 0 radical (unpaired) electrons. The Labute approximate surface area is 208 Å². The first-order valence-corrected chi connectivity index (χ1v) is 11.1. The number of rotatable bonds is 5. The molecule has 3 heterocycles. The Balaban J connectivity index is 1.31. The lowest BCUT2D eigenvalue weighted by molar-refractivity contribution is -0.141. The Morgan fingerprint density at radius 2 is 1.86 bits per heavy atom. The average molecular weight is 507 g/mol. The lowest BCUT2D eigenvalue weighted by Gasteiger charge is -2.13. The number of pyridine rings is 1. The molecule has 2 aromatic carbocycles. The normalized spacial score (nSPS) is 11.6. The number of alkyl halides is 3. The molecular weight excluding hydrogens is 487 g/mol. The second-order valence-electron chi connectivity index (χ2n) is 8.36. The van der Waals surface area contributed by atoms with E-state index in [9.17, 15) is 18.0 Å². The molecule has 0 unspecified atom stereocenters. The fraction of sp³-hybridized carbons (Fsp3) is 0.160. The van der Waals surface area contributed by atoms with Crippen LogP contribution in [0.3, 0.4) is 0 Å². The summed E-state index contributed by atoms with van der Waals surface area (Å²) in [6, 6.07) is 12.5. The summed E-state index contributed by atoms with van der Waals surface area (Å²) in [5.41, 5.74) is 1.69. The zero-order chi connectivity index (χ0) is 26.2. The number of carbonyl (C=O) groups excluding carboxylic acids is 1. The fourth-order valence-electron chi connectivity index (χ4n) is 3.68. The van der Waals surface area contributed by atoms with Gasteiger partial charge in [-0.25, -0.2) is 14.8 Å². The first kappa shape index (κ1) is 24.0. The van der Waals surface area contributed by atoms with E-state index in [0.29, 0.717) is 28.1 Å². The highest BCUT2D eigenvalue weighted by Crippen LogP contribution is 2.31. The summed E-state index contributed by atoms with van der Waals surface area (Å²) in [5, 5.41) is 8.16. The highest BCUT2D eigenvalue weighted by molar-refractivity contribution is 5.91. The van der Waals surface area contributed by atoms with Crippen LogP contribution in [0.4, 0.5) is 23.7 Å². The van der Waals surface area contributed by atoms with E-state index >= 15 is 0 Å². The summed E-state index contributed by atoms with van der Waals surface area (Å²) in [4.78, 5) is 26.6. The number of amides is 1. The Kier molecular flexibility index (Phi) is 6.07. The van der Waals surface area contributed by atoms with Crippen LogP contribution in [0.1, 0.15) is 11.3 Å². The average Bonchev–Trinajstić information content (AvgIpc) is 3.30. The Morgan fingerprint density at radius 3 is 2.59 bits per heavy atom. The van der Waals surface area contributed by atoms with Crippen LogP contribution in [-0.4, -0.2) is 44.9 Å². The topological polar surface area (TPSA) is 98.1 Å². The molecule has 1 amide bonds. The van der Waals surface area contributed by atoms with Crippen molar-refractivity contribution in [2.75, 3.05) is 19.0 Å².